The maximum atomic E-state index is 5.38. The highest BCUT2D eigenvalue weighted by atomic mass is 15.0. The normalized spacial score (nSPS) is 10.9. The first-order valence-electron chi connectivity index (χ1n) is 3.04. The predicted molar refractivity (Wildman–Crippen MR) is 45.2 cm³/mol. The second-order valence-electron chi connectivity index (χ2n) is 2.26. The fraction of sp³-hybridized carbons (Fsp3) is 0.429. The van der Waals surface area contributed by atoms with Gasteiger partial charge in [0.15, 0.2) is 0 Å². The summed E-state index contributed by atoms with van der Waals surface area (Å²) in [6.07, 6.45) is 0. The van der Waals surface area contributed by atoms with E-state index < -0.39 is 0 Å². The van der Waals surface area contributed by atoms with Gasteiger partial charge in [-0.05, 0) is 20.8 Å². The van der Waals surface area contributed by atoms with E-state index in [0.717, 1.165) is 5.71 Å². The van der Waals surface area contributed by atoms with Crippen molar-refractivity contribution >= 4 is 11.7 Å². The molecular formula is C7H13N3. The molecular weight excluding hydrogens is 126 g/mol. The number of allylic oxidation sites excluding steroid dienone is 1. The zero-order valence-electron chi connectivity index (χ0n) is 6.68. The van der Waals surface area contributed by atoms with Crippen LogP contribution in [0.4, 0.5) is 0 Å². The average Bonchev–Trinajstić information content (AvgIpc) is 1.58. The summed E-state index contributed by atoms with van der Waals surface area (Å²) in [6, 6.07) is 0. The summed E-state index contributed by atoms with van der Waals surface area (Å²) in [5.41, 5.74) is 6.94. The standard InChI is InChI=1S/C7H13N3/c1-5(2)9-7(8)10-6(3)4/h1H2,2-4H3,(H2,8,9). The zero-order chi connectivity index (χ0) is 8.15. The van der Waals surface area contributed by atoms with Crippen LogP contribution in [0.25, 0.3) is 0 Å². The lowest BCUT2D eigenvalue weighted by Crippen LogP contribution is -2.09. The van der Waals surface area contributed by atoms with Gasteiger partial charge in [-0.25, -0.2) is 9.98 Å². The molecule has 0 aromatic carbocycles. The molecule has 0 aromatic rings. The SMILES string of the molecule is C=C(C)N=C(N)N=C(C)C. The van der Waals surface area contributed by atoms with Crippen LogP contribution >= 0.6 is 0 Å². The minimum atomic E-state index is 0.271. The van der Waals surface area contributed by atoms with Gasteiger partial charge in [-0.3, -0.25) is 0 Å². The Morgan fingerprint density at radius 2 is 1.70 bits per heavy atom. The predicted octanol–water partition coefficient (Wildman–Crippen LogP) is 1.32. The smallest absolute Gasteiger partial charge is 0.220 e. The molecule has 3 nitrogen and oxygen atoms in total. The third-order valence-electron chi connectivity index (χ3n) is 0.644. The van der Waals surface area contributed by atoms with Gasteiger partial charge in [-0.1, -0.05) is 6.58 Å². The van der Waals surface area contributed by atoms with Crippen LogP contribution in [0.1, 0.15) is 20.8 Å². The van der Waals surface area contributed by atoms with Crippen molar-refractivity contribution in [1.82, 2.24) is 0 Å². The van der Waals surface area contributed by atoms with Crippen LogP contribution in [0.2, 0.25) is 0 Å². The third kappa shape index (κ3) is 5.03. The van der Waals surface area contributed by atoms with Gasteiger partial charge in [-0.15, -0.1) is 0 Å². The van der Waals surface area contributed by atoms with Crippen LogP contribution in [0.15, 0.2) is 22.3 Å². The number of nitrogens with zero attached hydrogens (tertiary/aromatic N) is 2. The van der Waals surface area contributed by atoms with E-state index in [0.29, 0.717) is 5.70 Å². The van der Waals surface area contributed by atoms with E-state index >= 15 is 0 Å². The van der Waals surface area contributed by atoms with Gasteiger partial charge in [0.05, 0.1) is 0 Å². The summed E-state index contributed by atoms with van der Waals surface area (Å²) in [4.78, 5) is 7.73. The minimum Gasteiger partial charge on any atom is -0.368 e. The summed E-state index contributed by atoms with van der Waals surface area (Å²) < 4.78 is 0. The molecule has 0 amide bonds. The van der Waals surface area contributed by atoms with Gasteiger partial charge in [0.25, 0.3) is 0 Å². The van der Waals surface area contributed by atoms with Gasteiger partial charge in [0.1, 0.15) is 0 Å². The fourth-order valence-corrected chi connectivity index (χ4v) is 0.450. The molecule has 0 saturated heterocycles. The fourth-order valence-electron chi connectivity index (χ4n) is 0.450. The highest BCUT2D eigenvalue weighted by Gasteiger charge is 1.85. The Morgan fingerprint density at radius 1 is 1.20 bits per heavy atom. The van der Waals surface area contributed by atoms with Crippen molar-refractivity contribution in [3.63, 3.8) is 0 Å². The molecule has 10 heavy (non-hydrogen) atoms. The van der Waals surface area contributed by atoms with Crippen molar-refractivity contribution in [1.29, 1.82) is 0 Å². The maximum Gasteiger partial charge on any atom is 0.220 e. The molecule has 0 rings (SSSR count). The van der Waals surface area contributed by atoms with E-state index in [4.69, 9.17) is 5.73 Å². The van der Waals surface area contributed by atoms with Crippen molar-refractivity contribution in [2.24, 2.45) is 15.7 Å². The minimum absolute atomic E-state index is 0.271. The Labute approximate surface area is 61.4 Å². The zero-order valence-corrected chi connectivity index (χ0v) is 6.68. The molecule has 0 bridgehead atoms. The topological polar surface area (TPSA) is 50.7 Å². The molecule has 0 radical (unpaired) electrons. The lowest BCUT2D eigenvalue weighted by Gasteiger charge is -1.92. The third-order valence-corrected chi connectivity index (χ3v) is 0.644. The molecule has 0 saturated carbocycles. The molecule has 0 spiro atoms. The molecule has 0 unspecified atom stereocenters. The van der Waals surface area contributed by atoms with Gasteiger partial charge in [0.2, 0.25) is 5.96 Å². The summed E-state index contributed by atoms with van der Waals surface area (Å²) in [7, 11) is 0. The number of rotatable bonds is 1. The van der Waals surface area contributed by atoms with Gasteiger partial charge >= 0.3 is 0 Å². The van der Waals surface area contributed by atoms with Crippen molar-refractivity contribution in [2.45, 2.75) is 20.8 Å². The molecule has 2 N–H and O–H groups in total. The van der Waals surface area contributed by atoms with Crippen molar-refractivity contribution < 1.29 is 0 Å². The first-order valence-corrected chi connectivity index (χ1v) is 3.04. The van der Waals surface area contributed by atoms with Crippen molar-refractivity contribution in [2.75, 3.05) is 0 Å². The van der Waals surface area contributed by atoms with Crippen LogP contribution < -0.4 is 5.73 Å². The van der Waals surface area contributed by atoms with Crippen molar-refractivity contribution in [3.05, 3.63) is 12.3 Å². The molecule has 0 atom stereocenters. The Bertz CT molecular complexity index is 185. The van der Waals surface area contributed by atoms with Crippen molar-refractivity contribution in [3.8, 4) is 0 Å². The van der Waals surface area contributed by atoms with Crippen LogP contribution in [0.5, 0.6) is 0 Å². The van der Waals surface area contributed by atoms with E-state index in [9.17, 15) is 0 Å². The highest BCUT2D eigenvalue weighted by molar-refractivity contribution is 5.94. The van der Waals surface area contributed by atoms with E-state index in [1.165, 1.54) is 0 Å². The van der Waals surface area contributed by atoms with E-state index in [2.05, 4.69) is 16.6 Å². The first kappa shape index (κ1) is 8.88. The largest absolute Gasteiger partial charge is 0.368 e. The summed E-state index contributed by atoms with van der Waals surface area (Å²) in [5, 5.41) is 0. The van der Waals surface area contributed by atoms with Crippen LogP contribution in [-0.4, -0.2) is 11.7 Å². The van der Waals surface area contributed by atoms with Gasteiger partial charge in [-0.2, -0.15) is 0 Å². The molecule has 0 aromatic heterocycles. The number of guanidine groups is 1. The number of hydrogen-bond acceptors (Lipinski definition) is 1. The van der Waals surface area contributed by atoms with Crippen LogP contribution in [-0.2, 0) is 0 Å². The Kier molecular flexibility index (Phi) is 3.39. The van der Waals surface area contributed by atoms with Crippen LogP contribution in [0.3, 0.4) is 0 Å². The van der Waals surface area contributed by atoms with E-state index in [-0.39, 0.29) is 5.96 Å². The Balaban J connectivity index is 4.22. The molecule has 0 fully saturated rings. The monoisotopic (exact) mass is 139 g/mol. The lowest BCUT2D eigenvalue weighted by molar-refractivity contribution is 1.28. The molecule has 0 aliphatic rings. The number of nitrogens with two attached hydrogens (primary N) is 1. The molecule has 0 aliphatic heterocycles. The van der Waals surface area contributed by atoms with E-state index in [1.54, 1.807) is 6.92 Å². The number of hydrogen-bond donors (Lipinski definition) is 1. The second kappa shape index (κ2) is 3.82. The molecule has 0 heterocycles. The molecule has 0 aliphatic carbocycles. The molecule has 56 valence electrons. The van der Waals surface area contributed by atoms with E-state index in [1.807, 2.05) is 13.8 Å². The van der Waals surface area contributed by atoms with Gasteiger partial charge in [0, 0.05) is 11.4 Å². The lowest BCUT2D eigenvalue weighted by atomic mass is 10.5. The highest BCUT2D eigenvalue weighted by Crippen LogP contribution is 1.88. The summed E-state index contributed by atoms with van der Waals surface area (Å²) in [5.74, 6) is 0.271. The summed E-state index contributed by atoms with van der Waals surface area (Å²) >= 11 is 0. The summed E-state index contributed by atoms with van der Waals surface area (Å²) in [6.45, 7) is 9.06. The Hall–Kier alpha value is -1.12. The maximum absolute atomic E-state index is 5.38. The van der Waals surface area contributed by atoms with Crippen LogP contribution in [0, 0.1) is 0 Å². The first-order chi connectivity index (χ1) is 4.52. The quantitative estimate of drug-likeness (QED) is 0.432. The average molecular weight is 139 g/mol. The van der Waals surface area contributed by atoms with Gasteiger partial charge < -0.3 is 5.73 Å². The number of aliphatic imine (C=N–C) groups is 2. The molecule has 3 heteroatoms. The second-order valence-corrected chi connectivity index (χ2v) is 2.26. The Morgan fingerprint density at radius 3 is 2.00 bits per heavy atom.